The minimum absolute atomic E-state index is 0.191. The van der Waals surface area contributed by atoms with Gasteiger partial charge in [0.05, 0.1) is 36.3 Å². The first kappa shape index (κ1) is 35.9. The van der Waals surface area contributed by atoms with Crippen molar-refractivity contribution in [2.45, 2.75) is 0 Å². The molecule has 46 heavy (non-hydrogen) atoms. The molecule has 0 spiro atoms. The fraction of sp³-hybridized carbons (Fsp3) is 0.0667. The molecule has 0 saturated carbocycles. The Hall–Kier alpha value is -2.99. The molecule has 235 valence electrons. The van der Waals surface area contributed by atoms with Gasteiger partial charge in [-0.1, -0.05) is 81.2 Å². The lowest BCUT2D eigenvalue weighted by Crippen LogP contribution is -2.01. The predicted molar refractivity (Wildman–Crippen MR) is 188 cm³/mol. The van der Waals surface area contributed by atoms with Crippen molar-refractivity contribution in [3.05, 3.63) is 108 Å². The van der Waals surface area contributed by atoms with Crippen LogP contribution in [0.25, 0.3) is 33.3 Å². The summed E-state index contributed by atoms with van der Waals surface area (Å²) in [7, 11) is 3.66. The van der Waals surface area contributed by atoms with Gasteiger partial charge in [-0.05, 0) is 66.7 Å². The number of hydrogen-bond acceptors (Lipinski definition) is 8. The molecular weight excluding hydrogens is 739 g/mol. The van der Waals surface area contributed by atoms with Crippen LogP contribution in [0.2, 0.25) is 35.5 Å². The van der Waals surface area contributed by atoms with E-state index >= 15 is 0 Å². The van der Waals surface area contributed by atoms with Gasteiger partial charge in [0.1, 0.15) is 17.2 Å². The molecule has 0 aliphatic heterocycles. The van der Waals surface area contributed by atoms with Gasteiger partial charge in [0.25, 0.3) is 0 Å². The Labute approximate surface area is 299 Å². The smallest absolute Gasteiger partial charge is 0.535 e. The molecule has 6 rings (SSSR count). The van der Waals surface area contributed by atoms with Crippen LogP contribution in [0.5, 0.6) is 17.2 Å². The normalized spacial score (nSPS) is 10.4. The number of ether oxygens (including phenoxy) is 2. The van der Waals surface area contributed by atoms with Crippen molar-refractivity contribution in [3.8, 4) is 28.5 Å². The Bertz CT molecular complexity index is 2010. The Morgan fingerprint density at radius 3 is 1.52 bits per heavy atom. The van der Waals surface area contributed by atoms with E-state index in [0.29, 0.717) is 78.3 Å². The van der Waals surface area contributed by atoms with E-state index in [1.807, 2.05) is 0 Å². The fourth-order valence-electron chi connectivity index (χ4n) is 3.83. The number of hydrogen-bond donors (Lipinski definition) is 1. The van der Waals surface area contributed by atoms with Crippen LogP contribution in [0, 0.1) is 0 Å². The minimum Gasteiger partial charge on any atom is -0.535 e. The molecule has 1 N–H and O–H groups in total. The van der Waals surface area contributed by atoms with Crippen molar-refractivity contribution in [2.24, 2.45) is 0 Å². The summed E-state index contributed by atoms with van der Waals surface area (Å²) in [4.78, 5) is 16.9. The third-order valence-electron chi connectivity index (χ3n) is 5.85. The lowest BCUT2D eigenvalue weighted by Gasteiger charge is -2.10. The Kier molecular flexibility index (Phi) is 13.0. The molecular formula is C30H19BCl7N4O4. The first-order valence-corrected chi connectivity index (χ1v) is 15.4. The largest absolute Gasteiger partial charge is 0.569 e. The van der Waals surface area contributed by atoms with Crippen LogP contribution in [0.15, 0.2) is 72.8 Å². The van der Waals surface area contributed by atoms with Crippen molar-refractivity contribution in [2.75, 3.05) is 14.2 Å². The summed E-state index contributed by atoms with van der Waals surface area (Å²) in [6.45, 7) is 0. The second kappa shape index (κ2) is 16.7. The zero-order chi connectivity index (χ0) is 33.4. The van der Waals surface area contributed by atoms with Crippen LogP contribution in [0.1, 0.15) is 0 Å². The standard InChI is InChI=1S/C15H9Cl3N2O.C8H3Cl3N2.C7H7BClO3/c1-21-13-5-3-8(16)6-10(13)14-15(18)20-11-4-2-9(17)7-12(11)19-14;9-4-1-2-5-6(3-4)13-8(11)7(10)12-5;1-11-6-3-2-5(9)4-7(6)12-8-10/h2-7H,1H3;1-3H;2-4,10H,1H3. The van der Waals surface area contributed by atoms with Gasteiger partial charge in [-0.25, -0.2) is 19.9 Å². The van der Waals surface area contributed by atoms with Gasteiger partial charge < -0.3 is 19.2 Å². The lowest BCUT2D eigenvalue weighted by molar-refractivity contribution is 0.381. The molecule has 8 nitrogen and oxygen atoms in total. The number of methoxy groups -OCH3 is 2. The minimum atomic E-state index is 0.191. The lowest BCUT2D eigenvalue weighted by atomic mass is 10.1. The highest BCUT2D eigenvalue weighted by Gasteiger charge is 2.15. The Balaban J connectivity index is 0.000000166. The number of fused-ring (bicyclic) bond motifs is 2. The zero-order valence-corrected chi connectivity index (χ0v) is 28.9. The fourth-order valence-corrected chi connectivity index (χ4v) is 5.00. The summed E-state index contributed by atoms with van der Waals surface area (Å²) >= 11 is 41.1. The summed E-state index contributed by atoms with van der Waals surface area (Å²) in [6.07, 6.45) is 0. The number of benzene rings is 4. The maximum absolute atomic E-state index is 8.38. The molecule has 2 aromatic heterocycles. The topological polar surface area (TPSA) is 99.5 Å². The van der Waals surface area contributed by atoms with Crippen LogP contribution in [-0.2, 0) is 0 Å². The molecule has 0 amide bonds. The van der Waals surface area contributed by atoms with E-state index in [0.717, 1.165) is 0 Å². The van der Waals surface area contributed by atoms with Gasteiger partial charge >= 0.3 is 7.69 Å². The first-order chi connectivity index (χ1) is 22.0. The molecule has 0 aliphatic rings. The van der Waals surface area contributed by atoms with Gasteiger partial charge in [-0.2, -0.15) is 0 Å². The summed E-state index contributed by atoms with van der Waals surface area (Å²) in [5, 5.41) is 11.3. The molecule has 2 heterocycles. The molecule has 0 bridgehead atoms. The second-order valence-corrected chi connectivity index (χ2v) is 11.6. The average molecular weight is 758 g/mol. The first-order valence-electron chi connectivity index (χ1n) is 12.7. The van der Waals surface area contributed by atoms with Crippen molar-refractivity contribution < 1.29 is 19.2 Å². The van der Waals surface area contributed by atoms with E-state index in [1.54, 1.807) is 79.9 Å². The number of aromatic nitrogens is 4. The van der Waals surface area contributed by atoms with Gasteiger partial charge in [0.2, 0.25) is 0 Å². The molecule has 0 aliphatic carbocycles. The van der Waals surface area contributed by atoms with E-state index in [9.17, 15) is 0 Å². The van der Waals surface area contributed by atoms with Crippen molar-refractivity contribution in [3.63, 3.8) is 0 Å². The van der Waals surface area contributed by atoms with E-state index in [1.165, 1.54) is 7.11 Å². The highest BCUT2D eigenvalue weighted by Crippen LogP contribution is 2.36. The summed E-state index contributed by atoms with van der Waals surface area (Å²) in [5.41, 5.74) is 3.84. The Morgan fingerprint density at radius 1 is 0.500 bits per heavy atom. The maximum atomic E-state index is 8.38. The monoisotopic (exact) mass is 755 g/mol. The quantitative estimate of drug-likeness (QED) is 0.174. The van der Waals surface area contributed by atoms with Gasteiger partial charge in [-0.3, -0.25) is 0 Å². The Morgan fingerprint density at radius 2 is 0.957 bits per heavy atom. The van der Waals surface area contributed by atoms with Crippen LogP contribution in [0.4, 0.5) is 0 Å². The number of halogens is 7. The van der Waals surface area contributed by atoms with E-state index in [2.05, 4.69) is 19.9 Å². The molecule has 6 aromatic rings. The molecule has 0 saturated heterocycles. The third kappa shape index (κ3) is 9.30. The molecule has 1 radical (unpaired) electrons. The van der Waals surface area contributed by atoms with Crippen LogP contribution in [0.3, 0.4) is 0 Å². The molecule has 0 fully saturated rings. The molecule has 4 aromatic carbocycles. The van der Waals surface area contributed by atoms with Crippen LogP contribution < -0.4 is 14.1 Å². The highest BCUT2D eigenvalue weighted by atomic mass is 35.5. The maximum Gasteiger partial charge on any atom is 0.569 e. The van der Waals surface area contributed by atoms with E-state index in [-0.39, 0.29) is 15.5 Å². The zero-order valence-electron chi connectivity index (χ0n) is 23.6. The molecule has 0 atom stereocenters. The third-order valence-corrected chi connectivity index (χ3v) is 7.68. The van der Waals surface area contributed by atoms with Gasteiger partial charge in [0, 0.05) is 31.7 Å². The SMILES string of the molecule is COc1ccc(Cl)cc1-c1nc2cc(Cl)ccc2nc1Cl.COc1ccc(Cl)cc1O[B]O.Clc1ccc2nc(Cl)c(Cl)nc2c1. The number of rotatable bonds is 5. The van der Waals surface area contributed by atoms with Crippen molar-refractivity contribution in [1.29, 1.82) is 0 Å². The van der Waals surface area contributed by atoms with Gasteiger partial charge in [0.15, 0.2) is 21.2 Å². The van der Waals surface area contributed by atoms with Crippen molar-refractivity contribution >= 4 is 111 Å². The average Bonchev–Trinajstić information content (AvgIpc) is 3.02. The molecule has 16 heteroatoms. The van der Waals surface area contributed by atoms with Crippen LogP contribution in [-0.4, -0.2) is 46.9 Å². The predicted octanol–water partition coefficient (Wildman–Crippen LogP) is 10.1. The van der Waals surface area contributed by atoms with Crippen molar-refractivity contribution in [1.82, 2.24) is 19.9 Å². The van der Waals surface area contributed by atoms with E-state index < -0.39 is 0 Å². The summed E-state index contributed by atoms with van der Waals surface area (Å²) in [5.74, 6) is 1.52. The van der Waals surface area contributed by atoms with E-state index in [4.69, 9.17) is 100 Å². The molecule has 0 unspecified atom stereocenters. The summed E-state index contributed by atoms with van der Waals surface area (Å²) < 4.78 is 15.0. The summed E-state index contributed by atoms with van der Waals surface area (Å²) in [6, 6.07) is 20.5. The van der Waals surface area contributed by atoms with Crippen LogP contribution >= 0.6 is 81.2 Å². The highest BCUT2D eigenvalue weighted by molar-refractivity contribution is 6.40. The number of nitrogens with zero attached hydrogens (tertiary/aromatic N) is 4. The van der Waals surface area contributed by atoms with Gasteiger partial charge in [-0.15, -0.1) is 0 Å². The second-order valence-electron chi connectivity index (χ2n) is 8.80.